The first-order valence-electron chi connectivity index (χ1n) is 7.74. The molecule has 3 aromatic rings. The monoisotopic (exact) mass is 371 g/mol. The van der Waals surface area contributed by atoms with E-state index in [4.69, 9.17) is 0 Å². The maximum Gasteiger partial charge on any atom is 0.257 e. The van der Waals surface area contributed by atoms with Gasteiger partial charge in [0.15, 0.2) is 5.13 Å². The molecule has 0 radical (unpaired) electrons. The van der Waals surface area contributed by atoms with Crippen LogP contribution in [0.1, 0.15) is 24.2 Å². The summed E-state index contributed by atoms with van der Waals surface area (Å²) in [5, 5.41) is 10.1. The second-order valence-corrected chi connectivity index (χ2v) is 7.50. The van der Waals surface area contributed by atoms with Crippen molar-refractivity contribution in [3.05, 3.63) is 52.7 Å². The Bertz CT molecular complexity index is 868. The Morgan fingerprint density at radius 3 is 2.44 bits per heavy atom. The van der Waals surface area contributed by atoms with E-state index in [0.717, 1.165) is 10.6 Å². The Morgan fingerprint density at radius 1 is 1.04 bits per heavy atom. The standard InChI is InChI=1S/C18H17N3O2S2/c1-11(2)16(22)19-13-7-5-12(6-8-13)17(23)21-18-20-14(10-25-18)15-4-3-9-24-15/h3-11H,1-2H3,(H,19,22)(H,20,21,23). The van der Waals surface area contributed by atoms with Gasteiger partial charge in [0.1, 0.15) is 0 Å². The highest BCUT2D eigenvalue weighted by molar-refractivity contribution is 7.16. The van der Waals surface area contributed by atoms with Crippen molar-refractivity contribution in [2.24, 2.45) is 5.92 Å². The quantitative estimate of drug-likeness (QED) is 0.682. The molecule has 0 aliphatic rings. The van der Waals surface area contributed by atoms with E-state index in [1.54, 1.807) is 35.6 Å². The van der Waals surface area contributed by atoms with Gasteiger partial charge in [-0.2, -0.15) is 0 Å². The van der Waals surface area contributed by atoms with Crippen LogP contribution in [-0.2, 0) is 4.79 Å². The minimum Gasteiger partial charge on any atom is -0.326 e. The number of amides is 2. The molecule has 0 spiro atoms. The minimum atomic E-state index is -0.228. The molecule has 7 heteroatoms. The van der Waals surface area contributed by atoms with Gasteiger partial charge in [0.2, 0.25) is 5.91 Å². The van der Waals surface area contributed by atoms with Crippen molar-refractivity contribution < 1.29 is 9.59 Å². The average Bonchev–Trinajstić information content (AvgIpc) is 3.26. The molecule has 128 valence electrons. The second kappa shape index (κ2) is 7.58. The molecule has 2 amide bonds. The van der Waals surface area contributed by atoms with Gasteiger partial charge in [-0.25, -0.2) is 4.98 Å². The van der Waals surface area contributed by atoms with E-state index in [1.807, 2.05) is 36.7 Å². The molecule has 0 fully saturated rings. The van der Waals surface area contributed by atoms with Gasteiger partial charge in [-0.15, -0.1) is 22.7 Å². The summed E-state index contributed by atoms with van der Waals surface area (Å²) in [5.74, 6) is -0.375. The zero-order valence-electron chi connectivity index (χ0n) is 13.8. The van der Waals surface area contributed by atoms with Crippen LogP contribution in [0.15, 0.2) is 47.2 Å². The fraction of sp³-hybridized carbons (Fsp3) is 0.167. The lowest BCUT2D eigenvalue weighted by Crippen LogP contribution is -2.18. The number of thiazole rings is 1. The molecule has 1 aromatic carbocycles. The van der Waals surface area contributed by atoms with Crippen LogP contribution in [0.5, 0.6) is 0 Å². The molecule has 3 rings (SSSR count). The van der Waals surface area contributed by atoms with Crippen LogP contribution in [0.25, 0.3) is 10.6 Å². The van der Waals surface area contributed by atoms with Crippen molar-refractivity contribution in [3.8, 4) is 10.6 Å². The van der Waals surface area contributed by atoms with Gasteiger partial charge in [0.25, 0.3) is 5.91 Å². The number of aromatic nitrogens is 1. The van der Waals surface area contributed by atoms with Crippen molar-refractivity contribution in [3.63, 3.8) is 0 Å². The third kappa shape index (κ3) is 4.32. The van der Waals surface area contributed by atoms with Gasteiger partial charge in [0.05, 0.1) is 10.6 Å². The molecule has 0 aliphatic carbocycles. The molecule has 0 bridgehead atoms. The van der Waals surface area contributed by atoms with Crippen LogP contribution in [0.2, 0.25) is 0 Å². The molecule has 2 N–H and O–H groups in total. The van der Waals surface area contributed by atoms with Crippen LogP contribution in [0.3, 0.4) is 0 Å². The lowest BCUT2D eigenvalue weighted by Gasteiger charge is -2.08. The van der Waals surface area contributed by atoms with Crippen molar-refractivity contribution in [2.75, 3.05) is 10.6 Å². The minimum absolute atomic E-state index is 0.0545. The molecule has 25 heavy (non-hydrogen) atoms. The molecule has 2 aromatic heterocycles. The molecule has 5 nitrogen and oxygen atoms in total. The molecule has 0 saturated heterocycles. The third-order valence-electron chi connectivity index (χ3n) is 3.44. The van der Waals surface area contributed by atoms with E-state index < -0.39 is 0 Å². The average molecular weight is 371 g/mol. The number of hydrogen-bond donors (Lipinski definition) is 2. The molecule has 0 aliphatic heterocycles. The van der Waals surface area contributed by atoms with Crippen molar-refractivity contribution in [1.29, 1.82) is 0 Å². The van der Waals surface area contributed by atoms with Gasteiger partial charge < -0.3 is 5.32 Å². The zero-order chi connectivity index (χ0) is 17.8. The van der Waals surface area contributed by atoms with E-state index in [-0.39, 0.29) is 17.7 Å². The number of carbonyl (C=O) groups excluding carboxylic acids is 2. The summed E-state index contributed by atoms with van der Waals surface area (Å²) in [6.07, 6.45) is 0. The summed E-state index contributed by atoms with van der Waals surface area (Å²) in [7, 11) is 0. The van der Waals surface area contributed by atoms with Gasteiger partial charge in [-0.3, -0.25) is 14.9 Å². The summed E-state index contributed by atoms with van der Waals surface area (Å²) in [6.45, 7) is 3.66. The molecule has 0 atom stereocenters. The second-order valence-electron chi connectivity index (χ2n) is 5.69. The number of nitrogens with one attached hydrogen (secondary N) is 2. The number of benzene rings is 1. The van der Waals surface area contributed by atoms with Crippen LogP contribution in [0, 0.1) is 5.92 Å². The molecular weight excluding hydrogens is 354 g/mol. The smallest absolute Gasteiger partial charge is 0.257 e. The summed E-state index contributed by atoms with van der Waals surface area (Å²) in [6, 6.07) is 10.8. The number of anilines is 2. The first-order chi connectivity index (χ1) is 12.0. The van der Waals surface area contributed by atoms with Crippen molar-refractivity contribution >= 4 is 45.3 Å². The molecule has 2 heterocycles. The van der Waals surface area contributed by atoms with Gasteiger partial charge in [0, 0.05) is 22.5 Å². The van der Waals surface area contributed by atoms with Crippen molar-refractivity contribution in [2.45, 2.75) is 13.8 Å². The highest BCUT2D eigenvalue weighted by Crippen LogP contribution is 2.28. The third-order valence-corrected chi connectivity index (χ3v) is 5.09. The largest absolute Gasteiger partial charge is 0.326 e. The highest BCUT2D eigenvalue weighted by Gasteiger charge is 2.11. The number of rotatable bonds is 5. The maximum atomic E-state index is 12.3. The summed E-state index contributed by atoms with van der Waals surface area (Å²) >= 11 is 3.00. The maximum absolute atomic E-state index is 12.3. The topological polar surface area (TPSA) is 71.1 Å². The predicted molar refractivity (Wildman–Crippen MR) is 103 cm³/mol. The van der Waals surface area contributed by atoms with Gasteiger partial charge in [-0.05, 0) is 35.7 Å². The predicted octanol–water partition coefficient (Wildman–Crippen LogP) is 4.72. The van der Waals surface area contributed by atoms with E-state index in [2.05, 4.69) is 15.6 Å². The Kier molecular flexibility index (Phi) is 5.25. The number of carbonyl (C=O) groups is 2. The molecular formula is C18H17N3O2S2. The summed E-state index contributed by atoms with van der Waals surface area (Å²) < 4.78 is 0. The van der Waals surface area contributed by atoms with Crippen LogP contribution in [0.4, 0.5) is 10.8 Å². The van der Waals surface area contributed by atoms with E-state index >= 15 is 0 Å². The Balaban J connectivity index is 1.64. The lowest BCUT2D eigenvalue weighted by molar-refractivity contribution is -0.118. The lowest BCUT2D eigenvalue weighted by atomic mass is 10.1. The van der Waals surface area contributed by atoms with Gasteiger partial charge in [-0.1, -0.05) is 19.9 Å². The highest BCUT2D eigenvalue weighted by atomic mass is 32.1. The van der Waals surface area contributed by atoms with E-state index in [9.17, 15) is 9.59 Å². The number of hydrogen-bond acceptors (Lipinski definition) is 5. The molecule has 0 saturated carbocycles. The van der Waals surface area contributed by atoms with Crippen molar-refractivity contribution in [1.82, 2.24) is 4.98 Å². The summed E-state index contributed by atoms with van der Waals surface area (Å²) in [4.78, 5) is 29.5. The zero-order valence-corrected chi connectivity index (χ0v) is 15.4. The number of nitrogens with zero attached hydrogens (tertiary/aromatic N) is 1. The van der Waals surface area contributed by atoms with Gasteiger partial charge >= 0.3 is 0 Å². The van der Waals surface area contributed by atoms with E-state index in [1.165, 1.54) is 11.3 Å². The normalized spacial score (nSPS) is 10.7. The first-order valence-corrected chi connectivity index (χ1v) is 9.50. The van der Waals surface area contributed by atoms with E-state index in [0.29, 0.717) is 16.4 Å². The van der Waals surface area contributed by atoms with Crippen LogP contribution >= 0.6 is 22.7 Å². The Morgan fingerprint density at radius 2 is 1.80 bits per heavy atom. The number of thiophene rings is 1. The molecule has 0 unspecified atom stereocenters. The fourth-order valence-corrected chi connectivity index (χ4v) is 3.50. The Hall–Kier alpha value is -2.51. The van der Waals surface area contributed by atoms with Crippen LogP contribution < -0.4 is 10.6 Å². The summed E-state index contributed by atoms with van der Waals surface area (Å²) in [5.41, 5.74) is 2.04. The fourth-order valence-electron chi connectivity index (χ4n) is 2.03. The SMILES string of the molecule is CC(C)C(=O)Nc1ccc(C(=O)Nc2nc(-c3cccs3)cs2)cc1. The Labute approximate surface area is 153 Å². The van der Waals surface area contributed by atoms with Crippen LogP contribution in [-0.4, -0.2) is 16.8 Å². The first kappa shape index (κ1) is 17.3.